The number of benzene rings is 1. The van der Waals surface area contributed by atoms with E-state index in [1.807, 2.05) is 6.92 Å². The second-order valence-corrected chi connectivity index (χ2v) is 9.51. The Hall–Kier alpha value is -2.45. The largest absolute Gasteiger partial charge is 0.504 e. The molecular weight excluding hydrogens is 444 g/mol. The maximum absolute atomic E-state index is 12.6. The summed E-state index contributed by atoms with van der Waals surface area (Å²) in [5.41, 5.74) is 2.20. The molecule has 1 fully saturated rings. The first kappa shape index (κ1) is 24.7. The highest BCUT2D eigenvalue weighted by Crippen LogP contribution is 2.52. The van der Waals surface area contributed by atoms with Gasteiger partial charge in [0.15, 0.2) is 11.5 Å². The number of aliphatic hydroxyl groups excluding tert-OH is 6. The van der Waals surface area contributed by atoms with Gasteiger partial charge >= 0.3 is 0 Å². The molecule has 0 bridgehead atoms. The first-order valence-electron chi connectivity index (χ1n) is 11.3. The molecule has 2 aliphatic carbocycles. The number of carbonyl (C=O) groups is 1. The van der Waals surface area contributed by atoms with Crippen LogP contribution >= 0.6 is 0 Å². The van der Waals surface area contributed by atoms with Crippen molar-refractivity contribution in [1.82, 2.24) is 0 Å². The maximum atomic E-state index is 12.6. The number of fused-ring (bicyclic) bond motifs is 3. The van der Waals surface area contributed by atoms with Crippen molar-refractivity contribution >= 4 is 5.78 Å². The molecule has 0 spiro atoms. The first-order chi connectivity index (χ1) is 16.1. The normalized spacial score (nSPS) is 35.4. The Morgan fingerprint density at radius 1 is 1.24 bits per heavy atom. The molecule has 1 aromatic rings. The number of ether oxygens (including phenoxy) is 2. The molecule has 0 unspecified atom stereocenters. The Kier molecular flexibility index (Phi) is 6.50. The number of hydrogen-bond acceptors (Lipinski definition) is 9. The molecule has 34 heavy (non-hydrogen) atoms. The summed E-state index contributed by atoms with van der Waals surface area (Å²) in [6.45, 7) is 2.59. The van der Waals surface area contributed by atoms with Crippen molar-refractivity contribution in [3.05, 3.63) is 39.7 Å². The third kappa shape index (κ3) is 3.62. The Morgan fingerprint density at radius 2 is 1.94 bits per heavy atom. The smallest absolute Gasteiger partial charge is 0.229 e. The van der Waals surface area contributed by atoms with Crippen LogP contribution in [-0.2, 0) is 28.0 Å². The maximum Gasteiger partial charge on any atom is 0.229 e. The van der Waals surface area contributed by atoms with Crippen molar-refractivity contribution in [2.24, 2.45) is 5.92 Å². The van der Waals surface area contributed by atoms with Gasteiger partial charge in [-0.1, -0.05) is 12.8 Å². The number of carbonyl (C=O) groups excluding carboxylic acids is 1. The fourth-order valence-electron chi connectivity index (χ4n) is 5.75. The summed E-state index contributed by atoms with van der Waals surface area (Å²) in [7, 11) is 0. The van der Waals surface area contributed by atoms with Gasteiger partial charge in [-0.05, 0) is 48.4 Å². The zero-order chi connectivity index (χ0) is 24.9. The molecule has 0 radical (unpaired) electrons. The van der Waals surface area contributed by atoms with Crippen molar-refractivity contribution in [2.45, 2.75) is 75.8 Å². The third-order valence-corrected chi connectivity index (χ3v) is 7.65. The Bertz CT molecular complexity index is 1070. The van der Waals surface area contributed by atoms with Gasteiger partial charge in [0.05, 0.1) is 13.2 Å². The number of ketones is 1. The van der Waals surface area contributed by atoms with Gasteiger partial charge < -0.3 is 40.1 Å². The molecule has 3 aliphatic rings. The zero-order valence-electron chi connectivity index (χ0n) is 19.1. The van der Waals surface area contributed by atoms with E-state index < -0.39 is 49.3 Å². The van der Waals surface area contributed by atoms with E-state index in [1.54, 1.807) is 13.0 Å². The second kappa shape index (κ2) is 8.96. The highest BCUT2D eigenvalue weighted by molar-refractivity contribution is 5.96. The van der Waals surface area contributed by atoms with Crippen LogP contribution in [0.3, 0.4) is 0 Å². The molecule has 9 nitrogen and oxygen atoms in total. The van der Waals surface area contributed by atoms with Gasteiger partial charge in [-0.2, -0.15) is 0 Å². The van der Waals surface area contributed by atoms with Crippen molar-refractivity contribution in [1.29, 1.82) is 0 Å². The van der Waals surface area contributed by atoms with E-state index in [9.17, 15) is 35.4 Å². The summed E-state index contributed by atoms with van der Waals surface area (Å²) in [4.78, 5) is 12.6. The first-order valence-corrected chi connectivity index (χ1v) is 11.3. The molecule has 4 rings (SSSR count). The van der Waals surface area contributed by atoms with Crippen LogP contribution in [0.15, 0.2) is 17.4 Å². The number of terminal acetylenes is 1. The van der Waals surface area contributed by atoms with E-state index in [2.05, 4.69) is 5.92 Å². The highest BCUT2D eigenvalue weighted by Gasteiger charge is 2.49. The van der Waals surface area contributed by atoms with Gasteiger partial charge in [0.25, 0.3) is 0 Å². The summed E-state index contributed by atoms with van der Waals surface area (Å²) in [5, 5.41) is 60.4. The monoisotopic (exact) mass is 474 g/mol. The van der Waals surface area contributed by atoms with Crippen molar-refractivity contribution in [3.63, 3.8) is 0 Å². The molecular formula is C25H30O9. The van der Waals surface area contributed by atoms with Crippen LogP contribution < -0.4 is 4.74 Å². The van der Waals surface area contributed by atoms with Crippen LogP contribution in [0.25, 0.3) is 0 Å². The van der Waals surface area contributed by atoms with Gasteiger partial charge in [0.2, 0.25) is 6.29 Å². The van der Waals surface area contributed by atoms with E-state index in [4.69, 9.17) is 15.9 Å². The van der Waals surface area contributed by atoms with Crippen LogP contribution in [0.1, 0.15) is 48.9 Å². The minimum atomic E-state index is -1.64. The molecule has 6 N–H and O–H groups in total. The summed E-state index contributed by atoms with van der Waals surface area (Å²) in [6.07, 6.45) is -0.315. The standard InChI is InChI=1S/C25H30O9/c1-4-12-13-5-6-15-11(2)20(29)17(28)8-25(15,3)16(13)7-18(14(12)9-26)33-24-23(32)22(31)21(30)19(10-27)34-24/h1,7,15,19,21-24,26-27,29-32H,5-6,8-10H2,2-3H3/t15-,19-,21-,22+,23-,24-,25-/m1/s1. The number of Topliss-reactive ketones (excluding diaryl/α,β-unsaturated/α-hetero) is 1. The number of aliphatic hydroxyl groups is 6. The molecule has 9 heteroatoms. The van der Waals surface area contributed by atoms with E-state index in [-0.39, 0.29) is 35.2 Å². The van der Waals surface area contributed by atoms with Crippen LogP contribution in [-0.4, -0.2) is 73.7 Å². The summed E-state index contributed by atoms with van der Waals surface area (Å²) >= 11 is 0. The average Bonchev–Trinajstić information content (AvgIpc) is 2.82. The van der Waals surface area contributed by atoms with E-state index >= 15 is 0 Å². The van der Waals surface area contributed by atoms with Gasteiger partial charge in [-0.15, -0.1) is 6.42 Å². The Morgan fingerprint density at radius 3 is 2.56 bits per heavy atom. The van der Waals surface area contributed by atoms with Crippen LogP contribution in [0.5, 0.6) is 5.75 Å². The lowest BCUT2D eigenvalue weighted by Crippen LogP contribution is -2.60. The quantitative estimate of drug-likeness (QED) is 0.330. The van der Waals surface area contributed by atoms with Crippen molar-refractivity contribution in [3.8, 4) is 18.1 Å². The summed E-state index contributed by atoms with van der Waals surface area (Å²) in [5.74, 6) is 2.05. The van der Waals surface area contributed by atoms with Gasteiger partial charge in [-0.25, -0.2) is 0 Å². The van der Waals surface area contributed by atoms with E-state index in [1.165, 1.54) is 0 Å². The molecule has 0 saturated carbocycles. The Labute approximate surface area is 197 Å². The second-order valence-electron chi connectivity index (χ2n) is 9.51. The molecule has 1 saturated heterocycles. The van der Waals surface area contributed by atoms with Gasteiger partial charge in [-0.3, -0.25) is 4.79 Å². The predicted molar refractivity (Wildman–Crippen MR) is 119 cm³/mol. The molecule has 0 aromatic heterocycles. The molecule has 1 heterocycles. The zero-order valence-corrected chi connectivity index (χ0v) is 19.1. The number of hydrogen-bond donors (Lipinski definition) is 6. The molecule has 1 aliphatic heterocycles. The fraction of sp³-hybridized carbons (Fsp3) is 0.560. The lowest BCUT2D eigenvalue weighted by molar-refractivity contribution is -0.277. The van der Waals surface area contributed by atoms with Crippen molar-refractivity contribution < 1.29 is 44.9 Å². The Balaban J connectivity index is 1.82. The molecule has 0 amide bonds. The average molecular weight is 475 g/mol. The summed E-state index contributed by atoms with van der Waals surface area (Å²) < 4.78 is 11.4. The molecule has 184 valence electrons. The lowest BCUT2D eigenvalue weighted by Gasteiger charge is -2.47. The number of rotatable bonds is 4. The van der Waals surface area contributed by atoms with Crippen molar-refractivity contribution in [2.75, 3.05) is 6.61 Å². The van der Waals surface area contributed by atoms with Crippen LogP contribution in [0.4, 0.5) is 0 Å². The molecule has 1 aromatic carbocycles. The minimum Gasteiger partial charge on any atom is -0.504 e. The van der Waals surface area contributed by atoms with Gasteiger partial charge in [0, 0.05) is 23.0 Å². The third-order valence-electron chi connectivity index (χ3n) is 7.65. The molecule has 7 atom stereocenters. The fourth-order valence-corrected chi connectivity index (χ4v) is 5.75. The van der Waals surface area contributed by atoms with Crippen LogP contribution in [0.2, 0.25) is 0 Å². The topological polar surface area (TPSA) is 157 Å². The van der Waals surface area contributed by atoms with Crippen LogP contribution in [0, 0.1) is 18.3 Å². The highest BCUT2D eigenvalue weighted by atomic mass is 16.7. The predicted octanol–water partition coefficient (Wildman–Crippen LogP) is -0.0362. The van der Waals surface area contributed by atoms with Gasteiger partial charge in [0.1, 0.15) is 30.2 Å². The minimum absolute atomic E-state index is 0.0653. The SMILES string of the molecule is C#Cc1c(CO)c(O[C@@H]2O[C@H](CO)[C@@H](O)[C@H](O)[C@H]2O)cc2c1CC[C@@H]1C(C)=C(O)C(=O)C[C@@]21C. The van der Waals surface area contributed by atoms with E-state index in [0.717, 1.165) is 11.1 Å². The lowest BCUT2D eigenvalue weighted by atomic mass is 9.57. The number of allylic oxidation sites excluding steroid dienone is 2. The van der Waals surface area contributed by atoms with E-state index in [0.29, 0.717) is 24.0 Å². The summed E-state index contributed by atoms with van der Waals surface area (Å²) in [6, 6.07) is 1.66.